The second kappa shape index (κ2) is 7.72. The molecule has 0 unspecified atom stereocenters. The number of benzene rings is 1. The highest BCUT2D eigenvalue weighted by atomic mass is 32.1. The van der Waals surface area contributed by atoms with E-state index in [1.165, 1.54) is 28.3 Å². The lowest BCUT2D eigenvalue weighted by atomic mass is 10.2. The summed E-state index contributed by atoms with van der Waals surface area (Å²) < 4.78 is 13.7. The maximum Gasteiger partial charge on any atom is 0.268 e. The molecule has 0 bridgehead atoms. The Morgan fingerprint density at radius 1 is 1.19 bits per heavy atom. The summed E-state index contributed by atoms with van der Waals surface area (Å²) >= 11 is 3.11. The van der Waals surface area contributed by atoms with Crippen molar-refractivity contribution in [3.05, 3.63) is 74.7 Å². The minimum atomic E-state index is -0.275. The maximum atomic E-state index is 13.1. The first kappa shape index (κ1) is 18.0. The average molecular weight is 400 g/mol. The highest BCUT2D eigenvalue weighted by Gasteiger charge is 2.13. The van der Waals surface area contributed by atoms with Crippen molar-refractivity contribution in [1.29, 1.82) is 0 Å². The van der Waals surface area contributed by atoms with Crippen molar-refractivity contribution in [1.82, 2.24) is 14.9 Å². The molecule has 0 aliphatic heterocycles. The summed E-state index contributed by atoms with van der Waals surface area (Å²) in [5.41, 5.74) is 1.44. The number of nitrogens with zero attached hydrogens (tertiary/aromatic N) is 2. The third-order valence-corrected chi connectivity index (χ3v) is 6.37. The standard InChI is InChI=1S/C20H18FN3OS2/c1-2-24(11-15-4-3-9-26-15)12-18-22-16-10-17(27-19(16)20(25)23-18)13-5-7-14(21)8-6-13/h3-10H,2,11-12H2,1H3,(H,22,23,25). The van der Waals surface area contributed by atoms with E-state index in [4.69, 9.17) is 0 Å². The van der Waals surface area contributed by atoms with Crippen molar-refractivity contribution in [2.45, 2.75) is 20.0 Å². The highest BCUT2D eigenvalue weighted by Crippen LogP contribution is 2.31. The monoisotopic (exact) mass is 399 g/mol. The van der Waals surface area contributed by atoms with Gasteiger partial charge in [-0.2, -0.15) is 0 Å². The van der Waals surface area contributed by atoms with Crippen LogP contribution in [0.4, 0.5) is 4.39 Å². The SMILES string of the molecule is CCN(Cc1nc2cc(-c3ccc(F)cc3)sc2c(=O)[nH]1)Cc1cccs1. The van der Waals surface area contributed by atoms with E-state index in [9.17, 15) is 9.18 Å². The number of thiophene rings is 2. The van der Waals surface area contributed by atoms with E-state index in [0.29, 0.717) is 22.6 Å². The van der Waals surface area contributed by atoms with Gasteiger partial charge in [-0.05, 0) is 41.8 Å². The smallest absolute Gasteiger partial charge is 0.268 e. The second-order valence-electron chi connectivity index (χ2n) is 6.23. The molecule has 0 saturated carbocycles. The molecule has 0 aliphatic rings. The topological polar surface area (TPSA) is 49.0 Å². The average Bonchev–Trinajstić information content (AvgIpc) is 3.31. The number of hydrogen-bond donors (Lipinski definition) is 1. The van der Waals surface area contributed by atoms with E-state index in [1.54, 1.807) is 23.5 Å². The van der Waals surface area contributed by atoms with Gasteiger partial charge in [0, 0.05) is 16.3 Å². The molecular weight excluding hydrogens is 381 g/mol. The van der Waals surface area contributed by atoms with Gasteiger partial charge in [0.2, 0.25) is 0 Å². The van der Waals surface area contributed by atoms with Gasteiger partial charge in [0.1, 0.15) is 16.3 Å². The van der Waals surface area contributed by atoms with Crippen molar-refractivity contribution in [3.8, 4) is 10.4 Å². The summed E-state index contributed by atoms with van der Waals surface area (Å²) in [5, 5.41) is 2.07. The van der Waals surface area contributed by atoms with Gasteiger partial charge >= 0.3 is 0 Å². The zero-order valence-corrected chi connectivity index (χ0v) is 16.4. The summed E-state index contributed by atoms with van der Waals surface area (Å²) in [6, 6.07) is 12.3. The van der Waals surface area contributed by atoms with Crippen molar-refractivity contribution >= 4 is 32.9 Å². The quantitative estimate of drug-likeness (QED) is 0.503. The van der Waals surface area contributed by atoms with E-state index < -0.39 is 0 Å². The van der Waals surface area contributed by atoms with E-state index in [2.05, 4.69) is 33.2 Å². The number of H-pyrrole nitrogens is 1. The van der Waals surface area contributed by atoms with Gasteiger partial charge in [0.25, 0.3) is 5.56 Å². The predicted octanol–water partition coefficient (Wildman–Crippen LogP) is 4.87. The Morgan fingerprint density at radius 2 is 2.00 bits per heavy atom. The molecule has 4 aromatic rings. The van der Waals surface area contributed by atoms with Gasteiger partial charge in [0.15, 0.2) is 0 Å². The van der Waals surface area contributed by atoms with Gasteiger partial charge in [0.05, 0.1) is 12.1 Å². The zero-order chi connectivity index (χ0) is 18.8. The van der Waals surface area contributed by atoms with E-state index >= 15 is 0 Å². The number of hydrogen-bond acceptors (Lipinski definition) is 5. The lowest BCUT2D eigenvalue weighted by Gasteiger charge is -2.18. The molecule has 0 spiro atoms. The van der Waals surface area contributed by atoms with E-state index in [1.807, 2.05) is 12.1 Å². The molecule has 0 aliphatic carbocycles. The molecule has 4 rings (SSSR count). The fourth-order valence-electron chi connectivity index (χ4n) is 2.93. The van der Waals surface area contributed by atoms with Crippen molar-refractivity contribution in [3.63, 3.8) is 0 Å². The van der Waals surface area contributed by atoms with Crippen LogP contribution in [0.2, 0.25) is 0 Å². The van der Waals surface area contributed by atoms with Crippen molar-refractivity contribution in [2.75, 3.05) is 6.54 Å². The van der Waals surface area contributed by atoms with Crippen molar-refractivity contribution < 1.29 is 4.39 Å². The maximum absolute atomic E-state index is 13.1. The number of rotatable bonds is 6. The van der Waals surface area contributed by atoms with Crippen molar-refractivity contribution in [2.24, 2.45) is 0 Å². The lowest BCUT2D eigenvalue weighted by Crippen LogP contribution is -2.24. The number of halogens is 1. The normalized spacial score (nSPS) is 11.5. The zero-order valence-electron chi connectivity index (χ0n) is 14.7. The first-order valence-corrected chi connectivity index (χ1v) is 10.4. The fraction of sp³-hybridized carbons (Fsp3) is 0.200. The summed E-state index contributed by atoms with van der Waals surface area (Å²) in [6.45, 7) is 4.38. The molecule has 0 amide bonds. The van der Waals surface area contributed by atoms with E-state index in [0.717, 1.165) is 23.5 Å². The largest absolute Gasteiger partial charge is 0.308 e. The molecule has 4 nitrogen and oxygen atoms in total. The Labute approximate surface area is 163 Å². The molecule has 0 atom stereocenters. The molecule has 3 aromatic heterocycles. The summed E-state index contributed by atoms with van der Waals surface area (Å²) in [7, 11) is 0. The minimum Gasteiger partial charge on any atom is -0.308 e. The summed E-state index contributed by atoms with van der Waals surface area (Å²) in [6.07, 6.45) is 0. The molecule has 0 radical (unpaired) electrons. The molecule has 1 aromatic carbocycles. The Kier molecular flexibility index (Phi) is 5.15. The van der Waals surface area contributed by atoms with Crippen LogP contribution < -0.4 is 5.56 Å². The number of fused-ring (bicyclic) bond motifs is 1. The van der Waals surface area contributed by atoms with Gasteiger partial charge in [-0.1, -0.05) is 25.1 Å². The van der Waals surface area contributed by atoms with E-state index in [-0.39, 0.29) is 11.4 Å². The Balaban J connectivity index is 1.62. The van der Waals surface area contributed by atoms with Crippen LogP contribution in [0.15, 0.2) is 52.6 Å². The number of nitrogens with one attached hydrogen (secondary N) is 1. The van der Waals surface area contributed by atoms with Crippen LogP contribution in [0.5, 0.6) is 0 Å². The Morgan fingerprint density at radius 3 is 2.70 bits per heavy atom. The van der Waals surface area contributed by atoms with Crippen LogP contribution in [0.3, 0.4) is 0 Å². The van der Waals surface area contributed by atoms with Gasteiger partial charge in [-0.3, -0.25) is 9.69 Å². The van der Waals surface area contributed by atoms with Gasteiger partial charge < -0.3 is 4.98 Å². The third-order valence-electron chi connectivity index (χ3n) is 4.34. The molecule has 138 valence electrons. The molecule has 27 heavy (non-hydrogen) atoms. The number of aromatic nitrogens is 2. The summed E-state index contributed by atoms with van der Waals surface area (Å²) in [5.74, 6) is 0.387. The van der Waals surface area contributed by atoms with Crippen LogP contribution in [-0.4, -0.2) is 21.4 Å². The van der Waals surface area contributed by atoms with Crippen LogP contribution >= 0.6 is 22.7 Å². The van der Waals surface area contributed by atoms with Crippen LogP contribution in [0.1, 0.15) is 17.6 Å². The van der Waals surface area contributed by atoms with Gasteiger partial charge in [-0.25, -0.2) is 9.37 Å². The molecule has 0 fully saturated rings. The highest BCUT2D eigenvalue weighted by molar-refractivity contribution is 7.22. The molecular formula is C20H18FN3OS2. The Hall–Kier alpha value is -2.35. The molecule has 7 heteroatoms. The first-order valence-electron chi connectivity index (χ1n) is 8.66. The predicted molar refractivity (Wildman–Crippen MR) is 110 cm³/mol. The van der Waals surface area contributed by atoms with Gasteiger partial charge in [-0.15, -0.1) is 22.7 Å². The lowest BCUT2D eigenvalue weighted by molar-refractivity contribution is 0.267. The van der Waals surface area contributed by atoms with Crippen LogP contribution in [0, 0.1) is 5.82 Å². The van der Waals surface area contributed by atoms with Crippen LogP contribution in [-0.2, 0) is 13.1 Å². The fourth-order valence-corrected chi connectivity index (χ4v) is 4.68. The Bertz CT molecular complexity index is 1100. The molecule has 3 heterocycles. The summed E-state index contributed by atoms with van der Waals surface area (Å²) in [4.78, 5) is 24.5. The molecule has 1 N–H and O–H groups in total. The first-order chi connectivity index (χ1) is 13.1. The third kappa shape index (κ3) is 4.00. The second-order valence-corrected chi connectivity index (χ2v) is 8.31. The van der Waals surface area contributed by atoms with Crippen LogP contribution in [0.25, 0.3) is 20.7 Å². The minimum absolute atomic E-state index is 0.125. The number of aromatic amines is 1. The molecule has 0 saturated heterocycles.